The molecule has 3 aromatic heterocycles. The van der Waals surface area contributed by atoms with E-state index in [9.17, 15) is 14.0 Å². The summed E-state index contributed by atoms with van der Waals surface area (Å²) in [4.78, 5) is 28.7. The minimum Gasteiger partial charge on any atom is -0.272 e. The fourth-order valence-electron chi connectivity index (χ4n) is 2.59. The number of fused-ring (bicyclic) bond motifs is 1. The molecule has 0 bridgehead atoms. The molecule has 25 heavy (non-hydrogen) atoms. The molecule has 0 aliphatic carbocycles. The van der Waals surface area contributed by atoms with Gasteiger partial charge in [0.1, 0.15) is 5.69 Å². The minimum atomic E-state index is -0.876. The van der Waals surface area contributed by atoms with E-state index in [1.807, 2.05) is 18.2 Å². The molecule has 3 heterocycles. The molecule has 0 aliphatic heterocycles. The Morgan fingerprint density at radius 3 is 2.72 bits per heavy atom. The molecule has 0 fully saturated rings. The Morgan fingerprint density at radius 1 is 1.12 bits per heavy atom. The number of rotatable bonds is 2. The number of aromatic nitrogens is 4. The molecule has 0 atom stereocenters. The standard InChI is InChI=1S/C17H11FN4O2S/c1-21-14(18)9-15(23)22(17(21)24)10-5-6-13-11(8-10)16(20-25-13)12-4-2-3-7-19-12/h2-9H,1H3. The Bertz CT molecular complexity index is 1210. The normalized spacial score (nSPS) is 11.1. The zero-order valence-electron chi connectivity index (χ0n) is 13.0. The van der Waals surface area contributed by atoms with Crippen LogP contribution in [0.2, 0.25) is 0 Å². The molecule has 8 heteroatoms. The molecule has 0 radical (unpaired) electrons. The summed E-state index contributed by atoms with van der Waals surface area (Å²) in [5.41, 5.74) is 0.268. The van der Waals surface area contributed by atoms with Gasteiger partial charge in [0, 0.05) is 18.6 Å². The maximum Gasteiger partial charge on any atom is 0.337 e. The number of pyridine rings is 1. The number of nitrogens with zero attached hydrogens (tertiary/aromatic N) is 4. The van der Waals surface area contributed by atoms with Gasteiger partial charge in [-0.3, -0.25) is 14.3 Å². The Hall–Kier alpha value is -3.13. The Morgan fingerprint density at radius 2 is 1.96 bits per heavy atom. The van der Waals surface area contributed by atoms with Gasteiger partial charge < -0.3 is 0 Å². The molecule has 6 nitrogen and oxygen atoms in total. The van der Waals surface area contributed by atoms with Crippen molar-refractivity contribution in [1.29, 1.82) is 0 Å². The van der Waals surface area contributed by atoms with E-state index in [4.69, 9.17) is 0 Å². The summed E-state index contributed by atoms with van der Waals surface area (Å²) in [6, 6.07) is 11.4. The summed E-state index contributed by atoms with van der Waals surface area (Å²) in [6.45, 7) is 0. The van der Waals surface area contributed by atoms with Gasteiger partial charge in [0.15, 0.2) is 0 Å². The van der Waals surface area contributed by atoms with Gasteiger partial charge in [-0.05, 0) is 41.9 Å². The summed E-state index contributed by atoms with van der Waals surface area (Å²) in [5.74, 6) is -0.876. The van der Waals surface area contributed by atoms with Crippen LogP contribution in [0.3, 0.4) is 0 Å². The van der Waals surface area contributed by atoms with Crippen molar-refractivity contribution in [2.24, 2.45) is 7.05 Å². The highest BCUT2D eigenvalue weighted by Crippen LogP contribution is 2.30. The van der Waals surface area contributed by atoms with Gasteiger partial charge in [-0.1, -0.05) is 6.07 Å². The maximum absolute atomic E-state index is 13.6. The molecule has 1 aromatic carbocycles. The molecule has 4 rings (SSSR count). The zero-order valence-corrected chi connectivity index (χ0v) is 13.8. The quantitative estimate of drug-likeness (QED) is 0.518. The van der Waals surface area contributed by atoms with Crippen molar-refractivity contribution in [3.05, 3.63) is 75.4 Å². The maximum atomic E-state index is 13.6. The van der Waals surface area contributed by atoms with Crippen LogP contribution in [-0.2, 0) is 7.05 Å². The van der Waals surface area contributed by atoms with Crippen LogP contribution in [-0.4, -0.2) is 18.5 Å². The van der Waals surface area contributed by atoms with E-state index in [0.29, 0.717) is 17.1 Å². The molecule has 0 N–H and O–H groups in total. The van der Waals surface area contributed by atoms with E-state index in [0.717, 1.165) is 25.3 Å². The number of halogens is 1. The number of benzene rings is 1. The first-order valence-electron chi connectivity index (χ1n) is 7.36. The molecule has 0 amide bonds. The van der Waals surface area contributed by atoms with Crippen LogP contribution in [0.4, 0.5) is 4.39 Å². The molecular formula is C17H11FN4O2S. The molecule has 124 valence electrons. The zero-order chi connectivity index (χ0) is 17.6. The van der Waals surface area contributed by atoms with E-state index in [1.165, 1.54) is 18.6 Å². The van der Waals surface area contributed by atoms with Gasteiger partial charge >= 0.3 is 5.69 Å². The molecule has 0 aliphatic rings. The topological polar surface area (TPSA) is 69.8 Å². The van der Waals surface area contributed by atoms with Crippen molar-refractivity contribution >= 4 is 21.6 Å². The lowest BCUT2D eigenvalue weighted by Gasteiger charge is -2.08. The summed E-state index contributed by atoms with van der Waals surface area (Å²) in [7, 11) is 1.28. The monoisotopic (exact) mass is 354 g/mol. The lowest BCUT2D eigenvalue weighted by molar-refractivity contribution is 0.494. The predicted octanol–water partition coefficient (Wildman–Crippen LogP) is 2.35. The average Bonchev–Trinajstić information content (AvgIpc) is 3.04. The van der Waals surface area contributed by atoms with Crippen molar-refractivity contribution in [3.8, 4) is 17.1 Å². The second-order valence-electron chi connectivity index (χ2n) is 5.41. The summed E-state index contributed by atoms with van der Waals surface area (Å²) in [6.07, 6.45) is 1.67. The minimum absolute atomic E-state index is 0.357. The Labute approximate surface area is 144 Å². The molecule has 4 aromatic rings. The van der Waals surface area contributed by atoms with Crippen LogP contribution >= 0.6 is 11.5 Å². The van der Waals surface area contributed by atoms with Crippen molar-refractivity contribution < 1.29 is 4.39 Å². The third-order valence-electron chi connectivity index (χ3n) is 3.88. The summed E-state index contributed by atoms with van der Waals surface area (Å²) in [5, 5.41) is 0.777. The smallest absolute Gasteiger partial charge is 0.272 e. The van der Waals surface area contributed by atoms with E-state index in [2.05, 4.69) is 9.36 Å². The first-order chi connectivity index (χ1) is 12.1. The molecule has 0 spiro atoms. The van der Waals surface area contributed by atoms with Crippen LogP contribution in [0, 0.1) is 5.95 Å². The van der Waals surface area contributed by atoms with Crippen LogP contribution in [0.15, 0.2) is 58.3 Å². The third-order valence-corrected chi connectivity index (χ3v) is 4.71. The molecular weight excluding hydrogens is 343 g/mol. The van der Waals surface area contributed by atoms with Gasteiger partial charge in [0.2, 0.25) is 5.95 Å². The van der Waals surface area contributed by atoms with Crippen LogP contribution in [0.25, 0.3) is 27.2 Å². The van der Waals surface area contributed by atoms with Crippen LogP contribution in [0.5, 0.6) is 0 Å². The van der Waals surface area contributed by atoms with Crippen LogP contribution < -0.4 is 11.2 Å². The highest BCUT2D eigenvalue weighted by atomic mass is 32.1. The SMILES string of the molecule is Cn1c(F)cc(=O)n(-c2ccc3snc(-c4ccccn4)c3c2)c1=O. The first kappa shape index (κ1) is 15.4. The number of hydrogen-bond donors (Lipinski definition) is 0. The Balaban J connectivity index is 1.99. The predicted molar refractivity (Wildman–Crippen MR) is 93.6 cm³/mol. The largest absolute Gasteiger partial charge is 0.337 e. The molecule has 0 saturated carbocycles. The summed E-state index contributed by atoms with van der Waals surface area (Å²) < 4.78 is 20.6. The lowest BCUT2D eigenvalue weighted by atomic mass is 10.1. The Kier molecular flexibility index (Phi) is 3.54. The van der Waals surface area contributed by atoms with Gasteiger partial charge in [-0.25, -0.2) is 9.36 Å². The summed E-state index contributed by atoms with van der Waals surface area (Å²) >= 11 is 1.31. The van der Waals surface area contributed by atoms with E-state index >= 15 is 0 Å². The highest BCUT2D eigenvalue weighted by Gasteiger charge is 2.14. The molecule has 0 saturated heterocycles. The van der Waals surface area contributed by atoms with Gasteiger partial charge in [0.25, 0.3) is 5.56 Å². The van der Waals surface area contributed by atoms with E-state index < -0.39 is 17.2 Å². The van der Waals surface area contributed by atoms with E-state index in [-0.39, 0.29) is 0 Å². The van der Waals surface area contributed by atoms with Gasteiger partial charge in [-0.15, -0.1) is 0 Å². The fraction of sp³-hybridized carbons (Fsp3) is 0.0588. The van der Waals surface area contributed by atoms with Crippen molar-refractivity contribution in [2.75, 3.05) is 0 Å². The van der Waals surface area contributed by atoms with E-state index in [1.54, 1.807) is 24.4 Å². The van der Waals surface area contributed by atoms with Crippen molar-refractivity contribution in [2.45, 2.75) is 0 Å². The van der Waals surface area contributed by atoms with Crippen molar-refractivity contribution in [3.63, 3.8) is 0 Å². The van der Waals surface area contributed by atoms with Crippen LogP contribution in [0.1, 0.15) is 0 Å². The first-order valence-corrected chi connectivity index (χ1v) is 8.13. The van der Waals surface area contributed by atoms with Gasteiger partial charge in [-0.2, -0.15) is 8.76 Å². The van der Waals surface area contributed by atoms with Gasteiger partial charge in [0.05, 0.1) is 22.1 Å². The average molecular weight is 354 g/mol. The van der Waals surface area contributed by atoms with Crippen molar-refractivity contribution in [1.82, 2.24) is 18.5 Å². The lowest BCUT2D eigenvalue weighted by Crippen LogP contribution is -2.38. The third kappa shape index (κ3) is 2.47. The number of hydrogen-bond acceptors (Lipinski definition) is 5. The molecule has 0 unspecified atom stereocenters. The highest BCUT2D eigenvalue weighted by molar-refractivity contribution is 7.13. The fourth-order valence-corrected chi connectivity index (χ4v) is 3.35. The second-order valence-corrected chi connectivity index (χ2v) is 6.21. The second kappa shape index (κ2) is 5.75.